The first-order chi connectivity index (χ1) is 9.52. The van der Waals surface area contributed by atoms with Gasteiger partial charge in [-0.05, 0) is 57.0 Å². The van der Waals surface area contributed by atoms with E-state index in [0.717, 1.165) is 20.3 Å². The molecule has 0 amide bonds. The van der Waals surface area contributed by atoms with E-state index in [9.17, 15) is 0 Å². The number of benzene rings is 1. The Morgan fingerprint density at radius 2 is 1.85 bits per heavy atom. The fourth-order valence-electron chi connectivity index (χ4n) is 1.68. The Bertz CT molecular complexity index is 618. The van der Waals surface area contributed by atoms with Crippen molar-refractivity contribution >= 4 is 31.9 Å². The van der Waals surface area contributed by atoms with E-state index in [-0.39, 0.29) is 6.04 Å². The molecule has 0 fully saturated rings. The van der Waals surface area contributed by atoms with Crippen LogP contribution in [-0.2, 0) is 0 Å². The third-order valence-electron chi connectivity index (χ3n) is 2.70. The zero-order valence-corrected chi connectivity index (χ0v) is 14.2. The average molecular weight is 402 g/mol. The second-order valence-electron chi connectivity index (χ2n) is 4.21. The minimum absolute atomic E-state index is 0.154. The van der Waals surface area contributed by atoms with Crippen LogP contribution in [0.15, 0.2) is 39.4 Å². The monoisotopic (exact) mass is 400 g/mol. The molecule has 2 aromatic rings. The molecule has 1 heterocycles. The highest BCUT2D eigenvalue weighted by molar-refractivity contribution is 9.11. The second kappa shape index (κ2) is 6.56. The standard InChI is InChI=1S/C14H14Br2N2O2/c1-8(17)9-4-3-5-18-14(9)20-13-7-10(15)12(19-2)6-11(13)16/h3-8H,17H2,1-2H3/t8-/m0/s1. The van der Waals surface area contributed by atoms with Gasteiger partial charge in [-0.2, -0.15) is 0 Å². The number of hydrogen-bond donors (Lipinski definition) is 1. The molecule has 0 aliphatic heterocycles. The van der Waals surface area contributed by atoms with Crippen LogP contribution in [-0.4, -0.2) is 12.1 Å². The molecule has 0 radical (unpaired) electrons. The molecule has 0 bridgehead atoms. The van der Waals surface area contributed by atoms with E-state index in [0.29, 0.717) is 11.6 Å². The maximum atomic E-state index is 5.92. The van der Waals surface area contributed by atoms with Crippen molar-refractivity contribution in [1.82, 2.24) is 4.98 Å². The Kier molecular flexibility index (Phi) is 5.01. The van der Waals surface area contributed by atoms with Crippen molar-refractivity contribution < 1.29 is 9.47 Å². The van der Waals surface area contributed by atoms with Gasteiger partial charge < -0.3 is 15.2 Å². The highest BCUT2D eigenvalue weighted by atomic mass is 79.9. The van der Waals surface area contributed by atoms with Gasteiger partial charge in [0.05, 0.1) is 16.1 Å². The lowest BCUT2D eigenvalue weighted by molar-refractivity contribution is 0.408. The van der Waals surface area contributed by atoms with Crippen molar-refractivity contribution in [3.63, 3.8) is 0 Å². The number of methoxy groups -OCH3 is 1. The molecule has 2 rings (SSSR count). The predicted octanol–water partition coefficient (Wildman–Crippen LogP) is 4.43. The molecule has 0 spiro atoms. The Labute approximate surface area is 134 Å². The Morgan fingerprint density at radius 1 is 1.20 bits per heavy atom. The summed E-state index contributed by atoms with van der Waals surface area (Å²) >= 11 is 6.89. The van der Waals surface area contributed by atoms with Crippen LogP contribution in [0.5, 0.6) is 17.4 Å². The molecule has 20 heavy (non-hydrogen) atoms. The number of ether oxygens (including phenoxy) is 2. The van der Waals surface area contributed by atoms with Crippen molar-refractivity contribution in [3.8, 4) is 17.4 Å². The fourth-order valence-corrected chi connectivity index (χ4v) is 2.57. The Morgan fingerprint density at radius 3 is 2.50 bits per heavy atom. The van der Waals surface area contributed by atoms with Gasteiger partial charge in [0.2, 0.25) is 5.88 Å². The Hall–Kier alpha value is -1.11. The van der Waals surface area contributed by atoms with Gasteiger partial charge in [-0.25, -0.2) is 4.98 Å². The number of rotatable bonds is 4. The van der Waals surface area contributed by atoms with Crippen molar-refractivity contribution in [3.05, 3.63) is 45.0 Å². The van der Waals surface area contributed by atoms with Gasteiger partial charge in [0.15, 0.2) is 0 Å². The van der Waals surface area contributed by atoms with Crippen molar-refractivity contribution in [2.45, 2.75) is 13.0 Å². The zero-order valence-electron chi connectivity index (χ0n) is 11.1. The average Bonchev–Trinajstić information content (AvgIpc) is 2.42. The van der Waals surface area contributed by atoms with Crippen LogP contribution >= 0.6 is 31.9 Å². The highest BCUT2D eigenvalue weighted by Gasteiger charge is 2.13. The van der Waals surface area contributed by atoms with Gasteiger partial charge in [-0.1, -0.05) is 6.07 Å². The van der Waals surface area contributed by atoms with Crippen molar-refractivity contribution in [1.29, 1.82) is 0 Å². The van der Waals surface area contributed by atoms with Crippen LogP contribution in [0.2, 0.25) is 0 Å². The van der Waals surface area contributed by atoms with Crippen molar-refractivity contribution in [2.24, 2.45) is 5.73 Å². The topological polar surface area (TPSA) is 57.4 Å². The van der Waals surface area contributed by atoms with E-state index in [1.165, 1.54) is 0 Å². The van der Waals surface area contributed by atoms with Crippen LogP contribution in [0, 0.1) is 0 Å². The quantitative estimate of drug-likeness (QED) is 0.823. The molecule has 4 nitrogen and oxygen atoms in total. The SMILES string of the molecule is COc1cc(Br)c(Oc2ncccc2[C@H](C)N)cc1Br. The second-order valence-corrected chi connectivity index (χ2v) is 5.91. The molecular weight excluding hydrogens is 388 g/mol. The third-order valence-corrected chi connectivity index (χ3v) is 3.94. The maximum Gasteiger partial charge on any atom is 0.224 e. The normalized spacial score (nSPS) is 12.1. The van der Waals surface area contributed by atoms with Crippen LogP contribution in [0.3, 0.4) is 0 Å². The molecule has 2 N–H and O–H groups in total. The minimum Gasteiger partial charge on any atom is -0.496 e. The summed E-state index contributed by atoms with van der Waals surface area (Å²) in [5.74, 6) is 1.86. The molecule has 1 atom stereocenters. The summed E-state index contributed by atoms with van der Waals surface area (Å²) in [4.78, 5) is 4.24. The van der Waals surface area contributed by atoms with Crippen LogP contribution in [0.4, 0.5) is 0 Å². The lowest BCUT2D eigenvalue weighted by Crippen LogP contribution is -2.07. The summed E-state index contributed by atoms with van der Waals surface area (Å²) in [6.45, 7) is 1.89. The van der Waals surface area contributed by atoms with Crippen molar-refractivity contribution in [2.75, 3.05) is 7.11 Å². The van der Waals surface area contributed by atoms with Gasteiger partial charge in [0, 0.05) is 17.8 Å². The summed E-state index contributed by atoms with van der Waals surface area (Å²) < 4.78 is 12.7. The van der Waals surface area contributed by atoms with Crippen LogP contribution in [0.1, 0.15) is 18.5 Å². The van der Waals surface area contributed by atoms with Gasteiger partial charge >= 0.3 is 0 Å². The first-order valence-corrected chi connectivity index (χ1v) is 7.53. The molecular formula is C14H14Br2N2O2. The summed E-state index contributed by atoms with van der Waals surface area (Å²) in [5.41, 5.74) is 6.77. The number of nitrogens with zero attached hydrogens (tertiary/aromatic N) is 1. The summed E-state index contributed by atoms with van der Waals surface area (Å²) in [7, 11) is 1.61. The van der Waals surface area contributed by atoms with E-state index in [1.54, 1.807) is 13.3 Å². The first-order valence-electron chi connectivity index (χ1n) is 5.94. The number of nitrogens with two attached hydrogens (primary N) is 1. The number of hydrogen-bond acceptors (Lipinski definition) is 4. The van der Waals surface area contributed by atoms with Gasteiger partial charge in [-0.3, -0.25) is 0 Å². The third kappa shape index (κ3) is 3.31. The minimum atomic E-state index is -0.154. The number of halogens is 2. The first kappa shape index (κ1) is 15.3. The molecule has 1 aromatic carbocycles. The molecule has 0 aliphatic rings. The highest BCUT2D eigenvalue weighted by Crippen LogP contribution is 2.38. The van der Waals surface area contributed by atoms with Gasteiger partial charge in [0.1, 0.15) is 11.5 Å². The van der Waals surface area contributed by atoms with E-state index >= 15 is 0 Å². The molecule has 0 unspecified atom stereocenters. The Balaban J connectivity index is 2.38. The van der Waals surface area contributed by atoms with Gasteiger partial charge in [-0.15, -0.1) is 0 Å². The zero-order chi connectivity index (χ0) is 14.7. The molecule has 1 aromatic heterocycles. The molecule has 0 aliphatic carbocycles. The smallest absolute Gasteiger partial charge is 0.224 e. The van der Waals surface area contributed by atoms with Crippen LogP contribution in [0.25, 0.3) is 0 Å². The van der Waals surface area contributed by atoms with E-state index in [4.69, 9.17) is 15.2 Å². The lowest BCUT2D eigenvalue weighted by Gasteiger charge is -2.14. The summed E-state index contributed by atoms with van der Waals surface area (Å²) in [6, 6.07) is 7.24. The molecule has 106 valence electrons. The molecule has 6 heteroatoms. The lowest BCUT2D eigenvalue weighted by atomic mass is 10.1. The fraction of sp³-hybridized carbons (Fsp3) is 0.214. The van der Waals surface area contributed by atoms with Gasteiger partial charge in [0.25, 0.3) is 0 Å². The summed E-state index contributed by atoms with van der Waals surface area (Å²) in [5, 5.41) is 0. The maximum absolute atomic E-state index is 5.92. The van der Waals surface area contributed by atoms with E-state index < -0.39 is 0 Å². The number of aromatic nitrogens is 1. The number of pyridine rings is 1. The predicted molar refractivity (Wildman–Crippen MR) is 85.3 cm³/mol. The van der Waals surface area contributed by atoms with E-state index in [1.807, 2.05) is 31.2 Å². The molecule has 0 saturated carbocycles. The largest absolute Gasteiger partial charge is 0.496 e. The van der Waals surface area contributed by atoms with E-state index in [2.05, 4.69) is 36.8 Å². The van der Waals surface area contributed by atoms with Crippen LogP contribution < -0.4 is 15.2 Å². The molecule has 0 saturated heterocycles. The summed E-state index contributed by atoms with van der Waals surface area (Å²) in [6.07, 6.45) is 1.67.